The van der Waals surface area contributed by atoms with E-state index >= 15 is 0 Å². The highest BCUT2D eigenvalue weighted by molar-refractivity contribution is 5.99. The van der Waals surface area contributed by atoms with Crippen molar-refractivity contribution in [2.45, 2.75) is 33.1 Å². The predicted octanol–water partition coefficient (Wildman–Crippen LogP) is 2.08. The smallest absolute Gasteiger partial charge is 0.254 e. The Morgan fingerprint density at radius 3 is 2.32 bits per heavy atom. The zero-order chi connectivity index (χ0) is 22.0. The third-order valence-electron chi connectivity index (χ3n) is 6.72. The number of amides is 3. The number of carbonyl (C=O) groups excluding carboxylic acids is 3. The van der Waals surface area contributed by atoms with Gasteiger partial charge in [-0.05, 0) is 42.9 Å². The summed E-state index contributed by atoms with van der Waals surface area (Å²) in [6, 6.07) is 7.40. The van der Waals surface area contributed by atoms with Gasteiger partial charge in [0.1, 0.15) is 0 Å². The first-order chi connectivity index (χ1) is 14.9. The summed E-state index contributed by atoms with van der Waals surface area (Å²) < 4.78 is 0. The number of carbonyl (C=O) groups is 3. The number of likely N-dealkylation sites (tertiary alicyclic amines) is 1. The van der Waals surface area contributed by atoms with Crippen molar-refractivity contribution >= 4 is 23.4 Å². The maximum absolute atomic E-state index is 13.0. The summed E-state index contributed by atoms with van der Waals surface area (Å²) in [4.78, 5) is 45.6. The van der Waals surface area contributed by atoms with E-state index in [0.717, 1.165) is 31.7 Å². The lowest BCUT2D eigenvalue weighted by atomic mass is 9.92. The molecule has 168 valence electrons. The molecule has 0 unspecified atom stereocenters. The lowest BCUT2D eigenvalue weighted by Crippen LogP contribution is -2.53. The fourth-order valence-corrected chi connectivity index (χ4v) is 5.18. The molecule has 2 atom stereocenters. The Kier molecular flexibility index (Phi) is 6.60. The molecule has 0 aliphatic carbocycles. The van der Waals surface area contributed by atoms with Gasteiger partial charge in [-0.25, -0.2) is 0 Å². The van der Waals surface area contributed by atoms with E-state index in [1.807, 2.05) is 34.1 Å². The molecule has 7 nitrogen and oxygen atoms in total. The molecule has 3 saturated heterocycles. The number of hydrogen-bond acceptors (Lipinski definition) is 4. The number of anilines is 1. The van der Waals surface area contributed by atoms with E-state index in [4.69, 9.17) is 0 Å². The summed E-state index contributed by atoms with van der Waals surface area (Å²) >= 11 is 0. The van der Waals surface area contributed by atoms with Crippen LogP contribution in [0.2, 0.25) is 0 Å². The maximum atomic E-state index is 13.0. The molecule has 0 spiro atoms. The van der Waals surface area contributed by atoms with Crippen molar-refractivity contribution in [3.05, 3.63) is 29.8 Å². The van der Waals surface area contributed by atoms with Crippen molar-refractivity contribution in [1.29, 1.82) is 0 Å². The van der Waals surface area contributed by atoms with Crippen LogP contribution in [0, 0.1) is 11.8 Å². The highest BCUT2D eigenvalue weighted by Crippen LogP contribution is 2.24. The number of piperidine rings is 1. The zero-order valence-corrected chi connectivity index (χ0v) is 18.8. The summed E-state index contributed by atoms with van der Waals surface area (Å²) in [5.74, 6) is 1.46. The summed E-state index contributed by atoms with van der Waals surface area (Å²) in [7, 11) is 0. The second-order valence-electron chi connectivity index (χ2n) is 9.51. The highest BCUT2D eigenvalue weighted by Gasteiger charge is 2.29. The topological polar surface area (TPSA) is 64.2 Å². The second-order valence-corrected chi connectivity index (χ2v) is 9.51. The average molecular weight is 427 g/mol. The predicted molar refractivity (Wildman–Crippen MR) is 120 cm³/mol. The van der Waals surface area contributed by atoms with Crippen LogP contribution in [0.4, 0.5) is 5.69 Å². The van der Waals surface area contributed by atoms with E-state index in [9.17, 15) is 14.4 Å². The van der Waals surface area contributed by atoms with Crippen LogP contribution in [-0.2, 0) is 9.59 Å². The highest BCUT2D eigenvalue weighted by atomic mass is 16.2. The van der Waals surface area contributed by atoms with Crippen LogP contribution in [0.3, 0.4) is 0 Å². The van der Waals surface area contributed by atoms with E-state index in [1.54, 1.807) is 4.90 Å². The quantitative estimate of drug-likeness (QED) is 0.740. The van der Waals surface area contributed by atoms with Gasteiger partial charge in [0.2, 0.25) is 11.8 Å². The normalized spacial score (nSPS) is 25.2. The van der Waals surface area contributed by atoms with Crippen LogP contribution in [-0.4, -0.2) is 84.8 Å². The minimum absolute atomic E-state index is 0.00171. The van der Waals surface area contributed by atoms with Gasteiger partial charge in [-0.1, -0.05) is 19.9 Å². The molecule has 0 saturated carbocycles. The fourth-order valence-electron chi connectivity index (χ4n) is 5.18. The Hall–Kier alpha value is -2.41. The SMILES string of the molecule is C[C@H]1C[C@H](C)CN(C(=O)CN2CCN(C(=O)c3cccc(N4CCCC4=O)c3)CC2)C1. The van der Waals surface area contributed by atoms with Gasteiger partial charge in [0.25, 0.3) is 5.91 Å². The van der Waals surface area contributed by atoms with E-state index < -0.39 is 0 Å². The first-order valence-electron chi connectivity index (χ1n) is 11.6. The lowest BCUT2D eigenvalue weighted by Gasteiger charge is -2.38. The molecule has 0 bridgehead atoms. The van der Waals surface area contributed by atoms with Crippen molar-refractivity contribution < 1.29 is 14.4 Å². The van der Waals surface area contributed by atoms with Crippen LogP contribution < -0.4 is 4.90 Å². The minimum atomic E-state index is -0.00171. The molecule has 1 aromatic carbocycles. The Balaban J connectivity index is 1.30. The third kappa shape index (κ3) is 5.09. The summed E-state index contributed by atoms with van der Waals surface area (Å²) in [6.45, 7) is 9.96. The molecule has 7 heteroatoms. The molecule has 3 fully saturated rings. The summed E-state index contributed by atoms with van der Waals surface area (Å²) in [5, 5.41) is 0. The molecule has 4 rings (SSSR count). The molecule has 31 heavy (non-hydrogen) atoms. The molecule has 0 radical (unpaired) electrons. The summed E-state index contributed by atoms with van der Waals surface area (Å²) in [6.07, 6.45) is 2.64. The Labute approximate surface area is 185 Å². The number of rotatable bonds is 4. The number of piperazine rings is 1. The first kappa shape index (κ1) is 21.8. The molecule has 3 heterocycles. The molecular weight excluding hydrogens is 392 g/mol. The lowest BCUT2D eigenvalue weighted by molar-refractivity contribution is -0.135. The Morgan fingerprint density at radius 2 is 1.68 bits per heavy atom. The van der Waals surface area contributed by atoms with E-state index in [-0.39, 0.29) is 17.7 Å². The Morgan fingerprint density at radius 1 is 0.968 bits per heavy atom. The van der Waals surface area contributed by atoms with Crippen LogP contribution in [0.1, 0.15) is 43.5 Å². The number of nitrogens with zero attached hydrogens (tertiary/aromatic N) is 4. The van der Waals surface area contributed by atoms with Crippen molar-refractivity contribution in [3.63, 3.8) is 0 Å². The monoisotopic (exact) mass is 426 g/mol. The van der Waals surface area contributed by atoms with Crippen LogP contribution in [0.25, 0.3) is 0 Å². The molecule has 3 aliphatic rings. The number of hydrogen-bond donors (Lipinski definition) is 0. The zero-order valence-electron chi connectivity index (χ0n) is 18.8. The average Bonchev–Trinajstić information content (AvgIpc) is 3.19. The van der Waals surface area contributed by atoms with E-state index in [1.165, 1.54) is 6.42 Å². The van der Waals surface area contributed by atoms with Crippen LogP contribution >= 0.6 is 0 Å². The Bertz CT molecular complexity index is 824. The first-order valence-corrected chi connectivity index (χ1v) is 11.6. The van der Waals surface area contributed by atoms with Gasteiger partial charge in [0.15, 0.2) is 0 Å². The molecule has 0 N–H and O–H groups in total. The van der Waals surface area contributed by atoms with Crippen molar-refractivity contribution in [2.75, 3.05) is 57.3 Å². The van der Waals surface area contributed by atoms with Gasteiger partial charge >= 0.3 is 0 Å². The van der Waals surface area contributed by atoms with Gasteiger partial charge < -0.3 is 14.7 Å². The third-order valence-corrected chi connectivity index (χ3v) is 6.72. The van der Waals surface area contributed by atoms with Crippen LogP contribution in [0.15, 0.2) is 24.3 Å². The molecule has 0 aromatic heterocycles. The van der Waals surface area contributed by atoms with Gasteiger partial charge in [-0.15, -0.1) is 0 Å². The molecule has 1 aromatic rings. The van der Waals surface area contributed by atoms with Crippen molar-refractivity contribution in [1.82, 2.24) is 14.7 Å². The van der Waals surface area contributed by atoms with E-state index in [2.05, 4.69) is 18.7 Å². The minimum Gasteiger partial charge on any atom is -0.341 e. The van der Waals surface area contributed by atoms with Gasteiger partial charge in [0.05, 0.1) is 6.54 Å². The van der Waals surface area contributed by atoms with Gasteiger partial charge in [-0.2, -0.15) is 0 Å². The molecule has 3 amide bonds. The molecular formula is C24H34N4O3. The van der Waals surface area contributed by atoms with Crippen LogP contribution in [0.5, 0.6) is 0 Å². The van der Waals surface area contributed by atoms with Crippen molar-refractivity contribution in [3.8, 4) is 0 Å². The second kappa shape index (κ2) is 9.39. The summed E-state index contributed by atoms with van der Waals surface area (Å²) in [5.41, 5.74) is 1.43. The molecule has 3 aliphatic heterocycles. The van der Waals surface area contributed by atoms with Crippen molar-refractivity contribution in [2.24, 2.45) is 11.8 Å². The van der Waals surface area contributed by atoms with Gasteiger partial charge in [-0.3, -0.25) is 19.3 Å². The van der Waals surface area contributed by atoms with E-state index in [0.29, 0.717) is 56.5 Å². The largest absolute Gasteiger partial charge is 0.341 e. The maximum Gasteiger partial charge on any atom is 0.254 e. The number of benzene rings is 1. The standard InChI is InChI=1S/C24H34N4O3/c1-18-13-19(2)16-27(15-18)23(30)17-25-9-11-26(12-10-25)24(31)20-5-3-6-21(14-20)28-8-4-7-22(28)29/h3,5-6,14,18-19H,4,7-13,15-17H2,1-2H3/t18-,19-/m0/s1. The van der Waals surface area contributed by atoms with Gasteiger partial charge in [0, 0.05) is 63.5 Å². The fraction of sp³-hybridized carbons (Fsp3) is 0.625.